The standard InChI is InChI=1S/C6H5ClN2O4S/c1-14(12,13)6-8-3(5(10)11)2-4(7)9-6/h2H,1H3,(H,10,11). The van der Waals surface area contributed by atoms with Crippen LogP contribution in [-0.4, -0.2) is 35.7 Å². The van der Waals surface area contributed by atoms with Gasteiger partial charge in [0.1, 0.15) is 5.15 Å². The lowest BCUT2D eigenvalue weighted by molar-refractivity contribution is 0.0689. The summed E-state index contributed by atoms with van der Waals surface area (Å²) < 4.78 is 22.0. The van der Waals surface area contributed by atoms with Crippen molar-refractivity contribution in [3.05, 3.63) is 16.9 Å². The molecule has 0 spiro atoms. The fourth-order valence-electron chi connectivity index (χ4n) is 0.672. The molecule has 0 saturated heterocycles. The van der Waals surface area contributed by atoms with Gasteiger partial charge in [-0.1, -0.05) is 11.6 Å². The molecule has 8 heteroatoms. The number of hydrogen-bond acceptors (Lipinski definition) is 5. The number of carboxylic acids is 1. The second kappa shape index (κ2) is 3.50. The Labute approximate surface area is 84.5 Å². The Balaban J connectivity index is 3.43. The molecule has 0 amide bonds. The van der Waals surface area contributed by atoms with Crippen molar-refractivity contribution < 1.29 is 18.3 Å². The van der Waals surface area contributed by atoms with Gasteiger partial charge in [-0.15, -0.1) is 0 Å². The second-order valence-electron chi connectivity index (χ2n) is 2.44. The average Bonchev–Trinajstić information content (AvgIpc) is 2.01. The molecule has 0 bridgehead atoms. The van der Waals surface area contributed by atoms with E-state index in [-0.39, 0.29) is 5.15 Å². The Hall–Kier alpha value is -1.21. The number of nitrogens with zero attached hydrogens (tertiary/aromatic N) is 2. The number of hydrogen-bond donors (Lipinski definition) is 1. The van der Waals surface area contributed by atoms with Crippen LogP contribution in [-0.2, 0) is 9.84 Å². The Morgan fingerprint density at radius 1 is 1.50 bits per heavy atom. The molecule has 0 aliphatic heterocycles. The van der Waals surface area contributed by atoms with Gasteiger partial charge in [-0.2, -0.15) is 0 Å². The molecule has 0 atom stereocenters. The Morgan fingerprint density at radius 3 is 2.50 bits per heavy atom. The third kappa shape index (κ3) is 2.39. The molecule has 0 unspecified atom stereocenters. The molecule has 0 aliphatic carbocycles. The van der Waals surface area contributed by atoms with Gasteiger partial charge in [-0.3, -0.25) is 0 Å². The highest BCUT2D eigenvalue weighted by molar-refractivity contribution is 7.90. The summed E-state index contributed by atoms with van der Waals surface area (Å²) in [5.41, 5.74) is -0.453. The van der Waals surface area contributed by atoms with Crippen LogP contribution in [0, 0.1) is 0 Å². The topological polar surface area (TPSA) is 97.2 Å². The Morgan fingerprint density at radius 2 is 2.07 bits per heavy atom. The van der Waals surface area contributed by atoms with Gasteiger partial charge < -0.3 is 5.11 Å². The van der Waals surface area contributed by atoms with Gasteiger partial charge in [0, 0.05) is 12.3 Å². The highest BCUT2D eigenvalue weighted by Gasteiger charge is 2.16. The number of aromatic nitrogens is 2. The molecule has 1 heterocycles. The van der Waals surface area contributed by atoms with E-state index in [9.17, 15) is 13.2 Å². The molecule has 1 N–H and O–H groups in total. The summed E-state index contributed by atoms with van der Waals surface area (Å²) >= 11 is 5.42. The number of carboxylic acid groups (broad SMARTS) is 1. The molecule has 0 aromatic carbocycles. The van der Waals surface area contributed by atoms with Gasteiger partial charge in [-0.05, 0) is 0 Å². The summed E-state index contributed by atoms with van der Waals surface area (Å²) in [5.74, 6) is -1.36. The maximum atomic E-state index is 11.0. The van der Waals surface area contributed by atoms with E-state index in [1.54, 1.807) is 0 Å². The zero-order chi connectivity index (χ0) is 10.9. The lowest BCUT2D eigenvalue weighted by atomic mass is 10.4. The summed E-state index contributed by atoms with van der Waals surface area (Å²) in [7, 11) is -3.65. The van der Waals surface area contributed by atoms with Crippen LogP contribution in [0.3, 0.4) is 0 Å². The SMILES string of the molecule is CS(=O)(=O)c1nc(Cl)cc(C(=O)O)n1. The van der Waals surface area contributed by atoms with Gasteiger partial charge in [0.25, 0.3) is 0 Å². The van der Waals surface area contributed by atoms with Gasteiger partial charge in [0.15, 0.2) is 5.69 Å². The molecule has 76 valence electrons. The molecule has 1 aromatic heterocycles. The lowest BCUT2D eigenvalue weighted by Crippen LogP contribution is -2.09. The van der Waals surface area contributed by atoms with Crippen molar-refractivity contribution >= 4 is 27.4 Å². The van der Waals surface area contributed by atoms with Crippen LogP contribution in [0.15, 0.2) is 11.2 Å². The lowest BCUT2D eigenvalue weighted by Gasteiger charge is -1.99. The first kappa shape index (κ1) is 10.9. The number of rotatable bonds is 2. The molecule has 6 nitrogen and oxygen atoms in total. The van der Waals surface area contributed by atoms with Crippen LogP contribution < -0.4 is 0 Å². The highest BCUT2D eigenvalue weighted by atomic mass is 35.5. The van der Waals surface area contributed by atoms with E-state index in [1.807, 2.05) is 0 Å². The van der Waals surface area contributed by atoms with Crippen LogP contribution in [0.4, 0.5) is 0 Å². The minimum Gasteiger partial charge on any atom is -0.477 e. The molecule has 0 fully saturated rings. The predicted molar refractivity (Wildman–Crippen MR) is 47.1 cm³/mol. The molecule has 0 aliphatic rings. The average molecular weight is 237 g/mol. The first-order valence-electron chi connectivity index (χ1n) is 3.28. The predicted octanol–water partition coefficient (Wildman–Crippen LogP) is 0.232. The van der Waals surface area contributed by atoms with E-state index in [0.29, 0.717) is 0 Å². The van der Waals surface area contributed by atoms with Gasteiger partial charge in [-0.25, -0.2) is 23.2 Å². The van der Waals surface area contributed by atoms with E-state index in [2.05, 4.69) is 9.97 Å². The van der Waals surface area contributed by atoms with Crippen molar-refractivity contribution in [1.82, 2.24) is 9.97 Å². The summed E-state index contributed by atoms with van der Waals surface area (Å²) in [6.45, 7) is 0. The van der Waals surface area contributed by atoms with Crippen molar-refractivity contribution in [1.29, 1.82) is 0 Å². The minimum atomic E-state index is -3.65. The van der Waals surface area contributed by atoms with Crippen molar-refractivity contribution in [2.45, 2.75) is 5.16 Å². The fourth-order valence-corrected chi connectivity index (χ4v) is 1.43. The molecule has 0 radical (unpaired) electrons. The smallest absolute Gasteiger partial charge is 0.354 e. The van der Waals surface area contributed by atoms with Crippen molar-refractivity contribution in [2.75, 3.05) is 6.26 Å². The van der Waals surface area contributed by atoms with Gasteiger partial charge >= 0.3 is 5.97 Å². The quantitative estimate of drug-likeness (QED) is 0.583. The van der Waals surface area contributed by atoms with E-state index in [1.165, 1.54) is 0 Å². The molecule has 1 rings (SSSR count). The maximum absolute atomic E-state index is 11.0. The number of halogens is 1. The monoisotopic (exact) mass is 236 g/mol. The third-order valence-electron chi connectivity index (χ3n) is 1.23. The Kier molecular flexibility index (Phi) is 2.72. The van der Waals surface area contributed by atoms with Crippen molar-refractivity contribution in [3.63, 3.8) is 0 Å². The summed E-state index contributed by atoms with van der Waals surface area (Å²) in [4.78, 5) is 17.2. The van der Waals surface area contributed by atoms with E-state index in [0.717, 1.165) is 12.3 Å². The fraction of sp³-hybridized carbons (Fsp3) is 0.167. The molecular formula is C6H5ClN2O4S. The zero-order valence-electron chi connectivity index (χ0n) is 6.93. The number of sulfone groups is 1. The second-order valence-corrected chi connectivity index (χ2v) is 4.73. The third-order valence-corrected chi connectivity index (χ3v) is 2.26. The highest BCUT2D eigenvalue weighted by Crippen LogP contribution is 2.10. The summed E-state index contributed by atoms with van der Waals surface area (Å²) in [6.07, 6.45) is 0.865. The number of aromatic carboxylic acids is 1. The van der Waals surface area contributed by atoms with Crippen LogP contribution >= 0.6 is 11.6 Å². The largest absolute Gasteiger partial charge is 0.477 e. The normalized spacial score (nSPS) is 11.3. The first-order valence-corrected chi connectivity index (χ1v) is 5.55. The van der Waals surface area contributed by atoms with Crippen LogP contribution in [0.5, 0.6) is 0 Å². The van der Waals surface area contributed by atoms with E-state index < -0.39 is 26.7 Å². The molecule has 1 aromatic rings. The van der Waals surface area contributed by atoms with Crippen LogP contribution in [0.25, 0.3) is 0 Å². The summed E-state index contributed by atoms with van der Waals surface area (Å²) in [5, 5.41) is 7.74. The van der Waals surface area contributed by atoms with Gasteiger partial charge in [0.05, 0.1) is 0 Å². The number of carbonyl (C=O) groups is 1. The maximum Gasteiger partial charge on any atom is 0.354 e. The van der Waals surface area contributed by atoms with Crippen LogP contribution in [0.1, 0.15) is 10.5 Å². The van der Waals surface area contributed by atoms with Crippen molar-refractivity contribution in [3.8, 4) is 0 Å². The minimum absolute atomic E-state index is 0.224. The van der Waals surface area contributed by atoms with E-state index in [4.69, 9.17) is 16.7 Å². The van der Waals surface area contributed by atoms with Gasteiger partial charge in [0.2, 0.25) is 15.0 Å². The first-order chi connectivity index (χ1) is 6.30. The van der Waals surface area contributed by atoms with Crippen LogP contribution in [0.2, 0.25) is 5.15 Å². The Bertz CT molecular complexity index is 485. The summed E-state index contributed by atoms with van der Waals surface area (Å²) in [6, 6.07) is 0.971. The molecule has 0 saturated carbocycles. The van der Waals surface area contributed by atoms with E-state index >= 15 is 0 Å². The van der Waals surface area contributed by atoms with Crippen molar-refractivity contribution in [2.24, 2.45) is 0 Å². The molecule has 14 heavy (non-hydrogen) atoms. The molecular weight excluding hydrogens is 232 g/mol. The zero-order valence-corrected chi connectivity index (χ0v) is 8.50.